The lowest BCUT2D eigenvalue weighted by Gasteiger charge is -2.19. The van der Waals surface area contributed by atoms with E-state index in [4.69, 9.17) is 15.6 Å². The number of benzene rings is 1. The molecule has 0 aliphatic rings. The van der Waals surface area contributed by atoms with E-state index < -0.39 is 0 Å². The molecule has 0 saturated carbocycles. The Morgan fingerprint density at radius 3 is 2.74 bits per heavy atom. The highest BCUT2D eigenvalue weighted by molar-refractivity contribution is 5.28. The molecule has 0 aliphatic carbocycles. The lowest BCUT2D eigenvalue weighted by atomic mass is 10.2. The van der Waals surface area contributed by atoms with Gasteiger partial charge in [-0.2, -0.15) is 0 Å². The van der Waals surface area contributed by atoms with Crippen molar-refractivity contribution in [3.8, 4) is 5.75 Å². The smallest absolute Gasteiger partial charge is 0.119 e. The van der Waals surface area contributed by atoms with Gasteiger partial charge in [-0.15, -0.1) is 0 Å². The fourth-order valence-electron chi connectivity index (χ4n) is 1.96. The molecule has 4 nitrogen and oxygen atoms in total. The van der Waals surface area contributed by atoms with Gasteiger partial charge in [0, 0.05) is 26.2 Å². The van der Waals surface area contributed by atoms with Crippen LogP contribution in [-0.2, 0) is 6.54 Å². The van der Waals surface area contributed by atoms with Crippen molar-refractivity contribution in [2.75, 3.05) is 32.8 Å². The summed E-state index contributed by atoms with van der Waals surface area (Å²) < 4.78 is 5.72. The zero-order valence-electron chi connectivity index (χ0n) is 11.8. The van der Waals surface area contributed by atoms with Crippen molar-refractivity contribution in [3.05, 3.63) is 29.8 Å². The summed E-state index contributed by atoms with van der Waals surface area (Å²) >= 11 is 0. The number of hydrogen-bond donors (Lipinski definition) is 2. The van der Waals surface area contributed by atoms with Crippen LogP contribution >= 0.6 is 0 Å². The minimum absolute atomic E-state index is 0.263. The van der Waals surface area contributed by atoms with Gasteiger partial charge in [-0.05, 0) is 37.1 Å². The molecule has 0 aliphatic heterocycles. The van der Waals surface area contributed by atoms with Gasteiger partial charge in [-0.25, -0.2) is 0 Å². The first-order valence-corrected chi connectivity index (χ1v) is 7.05. The van der Waals surface area contributed by atoms with Gasteiger partial charge in [0.25, 0.3) is 0 Å². The zero-order chi connectivity index (χ0) is 13.9. The summed E-state index contributed by atoms with van der Waals surface area (Å²) in [7, 11) is 0. The summed E-state index contributed by atoms with van der Waals surface area (Å²) in [5, 5.41) is 8.82. The topological polar surface area (TPSA) is 58.7 Å². The molecule has 3 N–H and O–H groups in total. The highest BCUT2D eigenvalue weighted by Gasteiger charge is 2.02. The Labute approximate surface area is 116 Å². The van der Waals surface area contributed by atoms with Crippen LogP contribution in [-0.4, -0.2) is 42.9 Å². The Balaban J connectivity index is 2.21. The first-order valence-electron chi connectivity index (χ1n) is 7.05. The minimum Gasteiger partial charge on any atom is -0.494 e. The standard InChI is InChI=1S/C15H26N2O2/c1-2-17(8-4-10-18)9-5-11-19-15-7-3-6-14(12-15)13-16/h3,6-7,12,18H,2,4-5,8-11,13,16H2,1H3. The Kier molecular flexibility index (Phi) is 8.21. The van der Waals surface area contributed by atoms with E-state index in [1.807, 2.05) is 24.3 Å². The van der Waals surface area contributed by atoms with Gasteiger partial charge in [0.05, 0.1) is 6.61 Å². The van der Waals surface area contributed by atoms with Crippen molar-refractivity contribution in [2.45, 2.75) is 26.3 Å². The van der Waals surface area contributed by atoms with E-state index in [0.717, 1.165) is 43.8 Å². The number of nitrogens with two attached hydrogens (primary N) is 1. The van der Waals surface area contributed by atoms with Crippen molar-refractivity contribution in [1.29, 1.82) is 0 Å². The molecule has 0 bridgehead atoms. The molecule has 0 aromatic heterocycles. The molecule has 1 rings (SSSR count). The van der Waals surface area contributed by atoms with Crippen molar-refractivity contribution in [1.82, 2.24) is 4.90 Å². The fraction of sp³-hybridized carbons (Fsp3) is 0.600. The number of aliphatic hydroxyl groups excluding tert-OH is 1. The first kappa shape index (κ1) is 16.0. The SMILES string of the molecule is CCN(CCCO)CCCOc1cccc(CN)c1. The van der Waals surface area contributed by atoms with Crippen LogP contribution in [0.2, 0.25) is 0 Å². The summed E-state index contributed by atoms with van der Waals surface area (Å²) in [6.07, 6.45) is 1.83. The van der Waals surface area contributed by atoms with Crippen LogP contribution in [0.15, 0.2) is 24.3 Å². The van der Waals surface area contributed by atoms with Gasteiger partial charge in [-0.3, -0.25) is 0 Å². The molecule has 0 atom stereocenters. The predicted molar refractivity (Wildman–Crippen MR) is 78.3 cm³/mol. The average molecular weight is 266 g/mol. The second-order valence-electron chi connectivity index (χ2n) is 4.56. The maximum Gasteiger partial charge on any atom is 0.119 e. The number of nitrogens with zero attached hydrogens (tertiary/aromatic N) is 1. The molecule has 1 aromatic carbocycles. The highest BCUT2D eigenvalue weighted by atomic mass is 16.5. The van der Waals surface area contributed by atoms with Crippen LogP contribution < -0.4 is 10.5 Å². The Morgan fingerprint density at radius 2 is 2.05 bits per heavy atom. The second-order valence-corrected chi connectivity index (χ2v) is 4.56. The molecule has 0 heterocycles. The van der Waals surface area contributed by atoms with Gasteiger partial charge in [-0.1, -0.05) is 19.1 Å². The largest absolute Gasteiger partial charge is 0.494 e. The molecular weight excluding hydrogens is 240 g/mol. The van der Waals surface area contributed by atoms with Crippen LogP contribution in [0.5, 0.6) is 5.75 Å². The summed E-state index contributed by atoms with van der Waals surface area (Å²) in [6.45, 7) is 6.64. The van der Waals surface area contributed by atoms with Crippen LogP contribution in [0, 0.1) is 0 Å². The number of hydrogen-bond acceptors (Lipinski definition) is 4. The molecule has 108 valence electrons. The molecule has 1 aromatic rings. The Morgan fingerprint density at radius 1 is 1.26 bits per heavy atom. The third-order valence-corrected chi connectivity index (χ3v) is 3.10. The molecule has 19 heavy (non-hydrogen) atoms. The molecule has 0 radical (unpaired) electrons. The molecule has 4 heteroatoms. The van der Waals surface area contributed by atoms with Crippen molar-refractivity contribution in [2.24, 2.45) is 5.73 Å². The zero-order valence-corrected chi connectivity index (χ0v) is 11.8. The Hall–Kier alpha value is -1.10. The van der Waals surface area contributed by atoms with E-state index in [0.29, 0.717) is 13.2 Å². The Bertz CT molecular complexity index is 345. The number of ether oxygens (including phenoxy) is 1. The highest BCUT2D eigenvalue weighted by Crippen LogP contribution is 2.13. The lowest BCUT2D eigenvalue weighted by molar-refractivity contribution is 0.213. The van der Waals surface area contributed by atoms with Crippen LogP contribution in [0.4, 0.5) is 0 Å². The van der Waals surface area contributed by atoms with Gasteiger partial charge in [0.1, 0.15) is 5.75 Å². The van der Waals surface area contributed by atoms with Crippen molar-refractivity contribution < 1.29 is 9.84 Å². The first-order chi connectivity index (χ1) is 9.30. The van der Waals surface area contributed by atoms with E-state index in [9.17, 15) is 0 Å². The summed E-state index contributed by atoms with van der Waals surface area (Å²) in [5.41, 5.74) is 6.69. The molecule has 0 unspecified atom stereocenters. The molecule has 0 spiro atoms. The fourth-order valence-corrected chi connectivity index (χ4v) is 1.96. The molecule has 0 saturated heterocycles. The van der Waals surface area contributed by atoms with Gasteiger partial charge < -0.3 is 20.5 Å². The van der Waals surface area contributed by atoms with E-state index in [1.165, 1.54) is 0 Å². The molecular formula is C15H26N2O2. The summed E-state index contributed by atoms with van der Waals surface area (Å²) in [6, 6.07) is 7.92. The summed E-state index contributed by atoms with van der Waals surface area (Å²) in [4.78, 5) is 2.33. The third kappa shape index (κ3) is 6.57. The van der Waals surface area contributed by atoms with Gasteiger partial charge in [0.15, 0.2) is 0 Å². The van der Waals surface area contributed by atoms with Crippen molar-refractivity contribution >= 4 is 0 Å². The van der Waals surface area contributed by atoms with Gasteiger partial charge in [0.2, 0.25) is 0 Å². The van der Waals surface area contributed by atoms with Crippen molar-refractivity contribution in [3.63, 3.8) is 0 Å². The molecule has 0 amide bonds. The third-order valence-electron chi connectivity index (χ3n) is 3.10. The predicted octanol–water partition coefficient (Wildman–Crippen LogP) is 1.62. The maximum atomic E-state index is 8.82. The lowest BCUT2D eigenvalue weighted by Crippen LogP contribution is -2.27. The van der Waals surface area contributed by atoms with E-state index in [2.05, 4.69) is 11.8 Å². The van der Waals surface area contributed by atoms with Crippen LogP contribution in [0.25, 0.3) is 0 Å². The quantitative estimate of drug-likeness (QED) is 0.632. The monoisotopic (exact) mass is 266 g/mol. The van der Waals surface area contributed by atoms with E-state index in [-0.39, 0.29) is 6.61 Å². The summed E-state index contributed by atoms with van der Waals surface area (Å²) in [5.74, 6) is 0.890. The van der Waals surface area contributed by atoms with Crippen LogP contribution in [0.3, 0.4) is 0 Å². The minimum atomic E-state index is 0.263. The normalized spacial score (nSPS) is 10.9. The second kappa shape index (κ2) is 9.78. The number of aliphatic hydroxyl groups is 1. The van der Waals surface area contributed by atoms with Crippen LogP contribution in [0.1, 0.15) is 25.3 Å². The number of rotatable bonds is 10. The van der Waals surface area contributed by atoms with Gasteiger partial charge >= 0.3 is 0 Å². The molecule has 0 fully saturated rings. The maximum absolute atomic E-state index is 8.82. The van der Waals surface area contributed by atoms with E-state index >= 15 is 0 Å². The van der Waals surface area contributed by atoms with E-state index in [1.54, 1.807) is 0 Å². The average Bonchev–Trinajstić information content (AvgIpc) is 2.47.